The van der Waals surface area contributed by atoms with Gasteiger partial charge in [0.15, 0.2) is 0 Å². The zero-order valence-electron chi connectivity index (χ0n) is 13.8. The Morgan fingerprint density at radius 2 is 1.64 bits per heavy atom. The number of anilines is 1. The Morgan fingerprint density at radius 1 is 0.880 bits per heavy atom. The summed E-state index contributed by atoms with van der Waals surface area (Å²) in [4.78, 5) is 4.76. The summed E-state index contributed by atoms with van der Waals surface area (Å²) in [5.74, 6) is 1.23. The summed E-state index contributed by atoms with van der Waals surface area (Å²) in [7, 11) is 0. The summed E-state index contributed by atoms with van der Waals surface area (Å²) in [5, 5.41) is 13.1. The number of imidazole rings is 1. The van der Waals surface area contributed by atoms with Crippen molar-refractivity contribution < 1.29 is 5.11 Å². The van der Waals surface area contributed by atoms with Crippen LogP contribution in [-0.2, 0) is 6.42 Å². The molecule has 124 valence electrons. The van der Waals surface area contributed by atoms with Gasteiger partial charge in [-0.15, -0.1) is 0 Å². The maximum atomic E-state index is 9.54. The van der Waals surface area contributed by atoms with Gasteiger partial charge in [0.2, 0.25) is 0 Å². The SMILES string of the molecule is Oc1ccc(-c2nc3ccccn3c2NCCc2ccccc2)cc1. The van der Waals surface area contributed by atoms with Crippen LogP contribution in [0.3, 0.4) is 0 Å². The van der Waals surface area contributed by atoms with E-state index in [1.165, 1.54) is 5.56 Å². The third-order valence-electron chi connectivity index (χ3n) is 4.22. The van der Waals surface area contributed by atoms with Gasteiger partial charge in [-0.25, -0.2) is 4.98 Å². The second-order valence-corrected chi connectivity index (χ2v) is 5.95. The molecule has 0 amide bonds. The quantitative estimate of drug-likeness (QED) is 0.572. The van der Waals surface area contributed by atoms with E-state index in [4.69, 9.17) is 4.98 Å². The molecule has 0 saturated carbocycles. The average molecular weight is 329 g/mol. The van der Waals surface area contributed by atoms with Crippen LogP contribution in [-0.4, -0.2) is 21.0 Å². The van der Waals surface area contributed by atoms with Crippen molar-refractivity contribution in [3.8, 4) is 17.0 Å². The van der Waals surface area contributed by atoms with Crippen molar-refractivity contribution in [3.05, 3.63) is 84.6 Å². The highest BCUT2D eigenvalue weighted by Gasteiger charge is 2.13. The Bertz CT molecular complexity index is 975. The lowest BCUT2D eigenvalue weighted by atomic mass is 10.1. The van der Waals surface area contributed by atoms with E-state index in [-0.39, 0.29) is 5.75 Å². The molecule has 2 aromatic carbocycles. The van der Waals surface area contributed by atoms with Crippen molar-refractivity contribution in [3.63, 3.8) is 0 Å². The van der Waals surface area contributed by atoms with Gasteiger partial charge < -0.3 is 10.4 Å². The lowest BCUT2D eigenvalue weighted by Gasteiger charge is -2.09. The zero-order valence-corrected chi connectivity index (χ0v) is 13.8. The van der Waals surface area contributed by atoms with E-state index in [0.717, 1.165) is 35.7 Å². The summed E-state index contributed by atoms with van der Waals surface area (Å²) in [6.45, 7) is 0.817. The lowest BCUT2D eigenvalue weighted by molar-refractivity contribution is 0.475. The third-order valence-corrected chi connectivity index (χ3v) is 4.22. The van der Waals surface area contributed by atoms with Crippen LogP contribution < -0.4 is 5.32 Å². The van der Waals surface area contributed by atoms with Gasteiger partial charge >= 0.3 is 0 Å². The van der Waals surface area contributed by atoms with Crippen LogP contribution in [0.4, 0.5) is 5.82 Å². The number of phenolic OH excluding ortho intramolecular Hbond substituents is 1. The first-order chi connectivity index (χ1) is 12.3. The Morgan fingerprint density at radius 3 is 2.44 bits per heavy atom. The number of benzene rings is 2. The summed E-state index contributed by atoms with van der Waals surface area (Å²) >= 11 is 0. The summed E-state index contributed by atoms with van der Waals surface area (Å²) in [6.07, 6.45) is 2.95. The number of phenols is 1. The Kier molecular flexibility index (Phi) is 4.09. The lowest BCUT2D eigenvalue weighted by Crippen LogP contribution is -2.07. The first-order valence-corrected chi connectivity index (χ1v) is 8.35. The number of hydrogen-bond acceptors (Lipinski definition) is 3. The fourth-order valence-corrected chi connectivity index (χ4v) is 2.96. The maximum Gasteiger partial charge on any atom is 0.139 e. The molecule has 4 heteroatoms. The first-order valence-electron chi connectivity index (χ1n) is 8.35. The van der Waals surface area contributed by atoms with Gasteiger partial charge in [0.25, 0.3) is 0 Å². The molecule has 2 aromatic heterocycles. The molecule has 2 heterocycles. The van der Waals surface area contributed by atoms with Crippen LogP contribution in [0.5, 0.6) is 5.75 Å². The normalized spacial score (nSPS) is 10.9. The van der Waals surface area contributed by atoms with Gasteiger partial charge in [-0.1, -0.05) is 36.4 Å². The van der Waals surface area contributed by atoms with Crippen LogP contribution in [0, 0.1) is 0 Å². The van der Waals surface area contributed by atoms with Crippen LogP contribution in [0.15, 0.2) is 79.0 Å². The van der Waals surface area contributed by atoms with Gasteiger partial charge in [0.1, 0.15) is 22.9 Å². The minimum Gasteiger partial charge on any atom is -0.508 e. The topological polar surface area (TPSA) is 49.6 Å². The molecule has 0 spiro atoms. The molecular weight excluding hydrogens is 310 g/mol. The van der Waals surface area contributed by atoms with Gasteiger partial charge in [-0.3, -0.25) is 4.40 Å². The maximum absolute atomic E-state index is 9.54. The number of nitrogens with zero attached hydrogens (tertiary/aromatic N) is 2. The molecule has 4 aromatic rings. The Hall–Kier alpha value is -3.27. The predicted molar refractivity (Wildman–Crippen MR) is 101 cm³/mol. The van der Waals surface area contributed by atoms with Crippen molar-refractivity contribution in [2.75, 3.05) is 11.9 Å². The number of rotatable bonds is 5. The van der Waals surface area contributed by atoms with E-state index in [2.05, 4.69) is 34.0 Å². The Balaban J connectivity index is 1.66. The highest BCUT2D eigenvalue weighted by Crippen LogP contribution is 2.29. The molecule has 0 saturated heterocycles. The van der Waals surface area contributed by atoms with Crippen LogP contribution in [0.2, 0.25) is 0 Å². The molecule has 0 unspecified atom stereocenters. The van der Waals surface area contributed by atoms with Crippen LogP contribution >= 0.6 is 0 Å². The monoisotopic (exact) mass is 329 g/mol. The number of aromatic hydroxyl groups is 1. The van der Waals surface area contributed by atoms with Crippen LogP contribution in [0.25, 0.3) is 16.9 Å². The Labute approximate surface area is 146 Å². The number of hydrogen-bond donors (Lipinski definition) is 2. The molecular formula is C21H19N3O. The van der Waals surface area contributed by atoms with Crippen molar-refractivity contribution in [1.29, 1.82) is 0 Å². The van der Waals surface area contributed by atoms with Gasteiger partial charge in [0, 0.05) is 18.3 Å². The van der Waals surface area contributed by atoms with Crippen molar-refractivity contribution in [1.82, 2.24) is 9.38 Å². The molecule has 0 radical (unpaired) electrons. The van der Waals surface area contributed by atoms with Gasteiger partial charge in [-0.05, 0) is 48.4 Å². The molecule has 0 aliphatic carbocycles. The van der Waals surface area contributed by atoms with Crippen molar-refractivity contribution >= 4 is 11.5 Å². The fourth-order valence-electron chi connectivity index (χ4n) is 2.96. The third kappa shape index (κ3) is 3.19. The molecule has 0 aliphatic heterocycles. The number of pyridine rings is 1. The van der Waals surface area contributed by atoms with Crippen molar-refractivity contribution in [2.45, 2.75) is 6.42 Å². The molecule has 0 bridgehead atoms. The fraction of sp³-hybridized carbons (Fsp3) is 0.0952. The van der Waals surface area contributed by atoms with E-state index in [9.17, 15) is 5.11 Å². The smallest absolute Gasteiger partial charge is 0.139 e. The number of fused-ring (bicyclic) bond motifs is 1. The standard InChI is InChI=1S/C21H19N3O/c25-18-11-9-17(10-12-18)20-21(24-15-5-4-8-19(24)23-20)22-14-13-16-6-2-1-3-7-16/h1-12,15,22,25H,13-14H2. The zero-order chi connectivity index (χ0) is 17.1. The minimum absolute atomic E-state index is 0.256. The molecule has 25 heavy (non-hydrogen) atoms. The van der Waals surface area contributed by atoms with Crippen molar-refractivity contribution in [2.24, 2.45) is 0 Å². The first kappa shape index (κ1) is 15.3. The van der Waals surface area contributed by atoms with Gasteiger partial charge in [-0.2, -0.15) is 0 Å². The number of nitrogens with one attached hydrogen (secondary N) is 1. The highest BCUT2D eigenvalue weighted by atomic mass is 16.3. The van der Waals surface area contributed by atoms with E-state index in [1.54, 1.807) is 12.1 Å². The van der Waals surface area contributed by atoms with E-state index >= 15 is 0 Å². The molecule has 0 atom stereocenters. The molecule has 0 aliphatic rings. The van der Waals surface area contributed by atoms with Crippen LogP contribution in [0.1, 0.15) is 5.56 Å². The van der Waals surface area contributed by atoms with E-state index in [0.29, 0.717) is 0 Å². The second kappa shape index (κ2) is 6.69. The molecule has 4 nitrogen and oxygen atoms in total. The second-order valence-electron chi connectivity index (χ2n) is 5.95. The molecule has 0 fully saturated rings. The van der Waals surface area contributed by atoms with E-state index in [1.807, 2.05) is 42.6 Å². The average Bonchev–Trinajstić information content (AvgIpc) is 3.02. The summed E-state index contributed by atoms with van der Waals surface area (Å²) in [5.41, 5.74) is 4.06. The minimum atomic E-state index is 0.256. The largest absolute Gasteiger partial charge is 0.508 e. The summed E-state index contributed by atoms with van der Waals surface area (Å²) in [6, 6.07) is 23.6. The highest BCUT2D eigenvalue weighted by molar-refractivity contribution is 5.76. The van der Waals surface area contributed by atoms with E-state index < -0.39 is 0 Å². The predicted octanol–water partition coefficient (Wildman–Crippen LogP) is 4.36. The number of aromatic nitrogens is 2. The summed E-state index contributed by atoms with van der Waals surface area (Å²) < 4.78 is 2.06. The molecule has 4 rings (SSSR count). The van der Waals surface area contributed by atoms with Gasteiger partial charge in [0.05, 0.1) is 0 Å². The molecule has 2 N–H and O–H groups in total.